The minimum Gasteiger partial charge on any atom is -0.459 e. The lowest BCUT2D eigenvalue weighted by atomic mass is 10.2. The van der Waals surface area contributed by atoms with Gasteiger partial charge in [0.1, 0.15) is 12.3 Å². The molecule has 3 aromatic rings. The van der Waals surface area contributed by atoms with Gasteiger partial charge in [0.25, 0.3) is 8.32 Å². The molecule has 1 aliphatic rings. The first-order valence-electron chi connectivity index (χ1n) is 11.4. The Morgan fingerprint density at radius 3 is 1.88 bits per heavy atom. The Kier molecular flexibility index (Phi) is 6.55. The molecule has 0 amide bonds. The summed E-state index contributed by atoms with van der Waals surface area (Å²) < 4.78 is 27.5. The third-order valence-corrected chi connectivity index (χ3v) is 11.5. The molecule has 0 heterocycles. The Bertz CT molecular complexity index is 1030. The predicted octanol–water partition coefficient (Wildman–Crippen LogP) is 5.15. The fourth-order valence-electron chi connectivity index (χ4n) is 4.57. The number of benzene rings is 3. The minimum atomic E-state index is -2.71. The van der Waals surface area contributed by atoms with Crippen molar-refractivity contribution < 1.29 is 18.3 Å². The molecule has 2 atom stereocenters. The summed E-state index contributed by atoms with van der Waals surface area (Å²) in [5.74, 6) is -0.783. The Balaban J connectivity index is 1.51. The molecule has 1 fully saturated rings. The van der Waals surface area contributed by atoms with Gasteiger partial charge in [0.05, 0.1) is 5.56 Å². The van der Waals surface area contributed by atoms with E-state index in [-0.39, 0.29) is 17.6 Å². The second-order valence-electron chi connectivity index (χ2n) is 9.85. The van der Waals surface area contributed by atoms with E-state index in [2.05, 4.69) is 45.0 Å². The molecule has 1 saturated carbocycles. The second kappa shape index (κ2) is 9.24. The summed E-state index contributed by atoms with van der Waals surface area (Å²) in [4.78, 5) is 12.2. The van der Waals surface area contributed by atoms with Crippen LogP contribution in [0.4, 0.5) is 4.39 Å². The van der Waals surface area contributed by atoms with Crippen LogP contribution < -0.4 is 10.4 Å². The zero-order chi connectivity index (χ0) is 23.5. The van der Waals surface area contributed by atoms with Crippen LogP contribution in [0.15, 0.2) is 91.0 Å². The average molecular weight is 463 g/mol. The summed E-state index contributed by atoms with van der Waals surface area (Å²) in [6.07, 6.45) is 0.341. The van der Waals surface area contributed by atoms with Gasteiger partial charge in [0.2, 0.25) is 0 Å². The number of ether oxygens (including phenoxy) is 1. The topological polar surface area (TPSA) is 35.5 Å². The Hall–Kier alpha value is -2.76. The van der Waals surface area contributed by atoms with Crippen LogP contribution >= 0.6 is 0 Å². The summed E-state index contributed by atoms with van der Waals surface area (Å²) in [6, 6.07) is 29.4. The molecule has 0 bridgehead atoms. The molecule has 0 aromatic heterocycles. The lowest BCUT2D eigenvalue weighted by Gasteiger charge is -2.43. The van der Waals surface area contributed by atoms with E-state index in [0.29, 0.717) is 18.6 Å². The highest BCUT2D eigenvalue weighted by molar-refractivity contribution is 6.99. The lowest BCUT2D eigenvalue weighted by Crippen LogP contribution is -2.66. The van der Waals surface area contributed by atoms with Crippen LogP contribution in [-0.2, 0) is 9.16 Å². The second-order valence-corrected chi connectivity index (χ2v) is 14.2. The Morgan fingerprint density at radius 2 is 1.39 bits per heavy atom. The fourth-order valence-corrected chi connectivity index (χ4v) is 9.17. The van der Waals surface area contributed by atoms with Crippen molar-refractivity contribution >= 4 is 24.7 Å². The number of halogens is 1. The van der Waals surface area contributed by atoms with Gasteiger partial charge < -0.3 is 9.16 Å². The standard InChI is InChI=1S/C28H31FO3Si/c1-27(2,3)33(24-15-9-5-10-16-24,25-17-11-6-12-18-25)32-20-23-19-28(23,29)21-31-26(30)22-13-7-4-8-14-22/h4-18,23H,19-21H2,1-3H3/t23-,28+/m0/s1. The molecule has 0 spiro atoms. The minimum absolute atomic E-state index is 0.163. The predicted molar refractivity (Wildman–Crippen MR) is 132 cm³/mol. The smallest absolute Gasteiger partial charge is 0.338 e. The van der Waals surface area contributed by atoms with Crippen molar-refractivity contribution in [2.24, 2.45) is 5.92 Å². The number of alkyl halides is 1. The van der Waals surface area contributed by atoms with Gasteiger partial charge in [-0.05, 0) is 34.0 Å². The average Bonchev–Trinajstić information content (AvgIpc) is 3.49. The van der Waals surface area contributed by atoms with Gasteiger partial charge in [-0.2, -0.15) is 0 Å². The zero-order valence-corrected chi connectivity index (χ0v) is 20.5. The van der Waals surface area contributed by atoms with Crippen LogP contribution in [0, 0.1) is 5.92 Å². The molecule has 4 rings (SSSR count). The maximum Gasteiger partial charge on any atom is 0.338 e. The Morgan fingerprint density at radius 1 is 0.909 bits per heavy atom. The van der Waals surface area contributed by atoms with Gasteiger partial charge in [-0.1, -0.05) is 99.6 Å². The molecular weight excluding hydrogens is 431 g/mol. The van der Waals surface area contributed by atoms with E-state index in [1.165, 1.54) is 10.4 Å². The number of carbonyl (C=O) groups is 1. The molecule has 3 nitrogen and oxygen atoms in total. The molecule has 0 aliphatic heterocycles. The van der Waals surface area contributed by atoms with Gasteiger partial charge in [-0.15, -0.1) is 0 Å². The number of esters is 1. The molecule has 5 heteroatoms. The molecule has 1 aliphatic carbocycles. The van der Waals surface area contributed by atoms with E-state index in [9.17, 15) is 4.79 Å². The summed E-state index contributed by atoms with van der Waals surface area (Å²) >= 11 is 0. The molecule has 172 valence electrons. The van der Waals surface area contributed by atoms with E-state index in [0.717, 1.165) is 0 Å². The number of hydrogen-bond acceptors (Lipinski definition) is 3. The zero-order valence-electron chi connectivity index (χ0n) is 19.5. The van der Waals surface area contributed by atoms with E-state index in [1.54, 1.807) is 24.3 Å². The quantitative estimate of drug-likeness (QED) is 0.343. The maximum atomic E-state index is 15.4. The third-order valence-electron chi connectivity index (χ3n) is 6.53. The summed E-state index contributed by atoms with van der Waals surface area (Å²) in [6.45, 7) is 6.67. The van der Waals surface area contributed by atoms with Crippen molar-refractivity contribution in [3.8, 4) is 0 Å². The fraction of sp³-hybridized carbons (Fsp3) is 0.321. The Labute approximate surface area is 196 Å². The monoisotopic (exact) mass is 462 g/mol. The highest BCUT2D eigenvalue weighted by atomic mass is 28.4. The van der Waals surface area contributed by atoms with Gasteiger partial charge in [0, 0.05) is 12.5 Å². The van der Waals surface area contributed by atoms with Crippen LogP contribution in [0.3, 0.4) is 0 Å². The lowest BCUT2D eigenvalue weighted by molar-refractivity contribution is 0.0330. The summed E-state index contributed by atoms with van der Waals surface area (Å²) in [7, 11) is -2.71. The van der Waals surface area contributed by atoms with Crippen LogP contribution in [0.5, 0.6) is 0 Å². The van der Waals surface area contributed by atoms with Gasteiger partial charge in [-0.3, -0.25) is 0 Å². The van der Waals surface area contributed by atoms with Crippen molar-refractivity contribution in [1.29, 1.82) is 0 Å². The molecule has 33 heavy (non-hydrogen) atoms. The third kappa shape index (κ3) is 4.80. The summed E-state index contributed by atoms with van der Waals surface area (Å²) in [5.41, 5.74) is -1.10. The summed E-state index contributed by atoms with van der Waals surface area (Å²) in [5, 5.41) is 2.18. The largest absolute Gasteiger partial charge is 0.459 e. The number of hydrogen-bond donors (Lipinski definition) is 0. The highest BCUT2D eigenvalue weighted by Crippen LogP contribution is 2.49. The van der Waals surface area contributed by atoms with Crippen molar-refractivity contribution in [2.75, 3.05) is 13.2 Å². The van der Waals surface area contributed by atoms with E-state index >= 15 is 4.39 Å². The first kappa shape index (κ1) is 23.4. The molecule has 0 saturated heterocycles. The van der Waals surface area contributed by atoms with E-state index in [1.807, 2.05) is 42.5 Å². The number of carbonyl (C=O) groups excluding carboxylic acids is 1. The first-order valence-corrected chi connectivity index (χ1v) is 13.3. The molecule has 3 aromatic carbocycles. The molecular formula is C28H31FO3Si. The molecule has 0 N–H and O–H groups in total. The van der Waals surface area contributed by atoms with Crippen molar-refractivity contribution in [1.82, 2.24) is 0 Å². The van der Waals surface area contributed by atoms with Crippen LogP contribution in [-0.4, -0.2) is 33.2 Å². The SMILES string of the molecule is CC(C)(C)[Si](OC[C@@H]1C[C@@]1(F)COC(=O)c1ccccc1)(c1ccccc1)c1ccccc1. The highest BCUT2D eigenvalue weighted by Gasteiger charge is 2.59. The van der Waals surface area contributed by atoms with Crippen molar-refractivity contribution in [3.05, 3.63) is 96.6 Å². The first-order chi connectivity index (χ1) is 15.8. The normalized spacial score (nSPS) is 20.3. The van der Waals surface area contributed by atoms with Crippen LogP contribution in [0.1, 0.15) is 37.6 Å². The number of rotatable bonds is 8. The van der Waals surface area contributed by atoms with Gasteiger partial charge in [-0.25, -0.2) is 9.18 Å². The molecule has 0 radical (unpaired) electrons. The van der Waals surface area contributed by atoms with Crippen LogP contribution in [0.25, 0.3) is 0 Å². The van der Waals surface area contributed by atoms with Crippen LogP contribution in [0.2, 0.25) is 5.04 Å². The molecule has 0 unspecified atom stereocenters. The van der Waals surface area contributed by atoms with Crippen molar-refractivity contribution in [3.63, 3.8) is 0 Å². The van der Waals surface area contributed by atoms with E-state index in [4.69, 9.17) is 9.16 Å². The maximum absolute atomic E-state index is 15.4. The van der Waals surface area contributed by atoms with Crippen molar-refractivity contribution in [2.45, 2.75) is 37.9 Å². The van der Waals surface area contributed by atoms with Gasteiger partial charge in [0.15, 0.2) is 0 Å². The van der Waals surface area contributed by atoms with E-state index < -0.39 is 20.0 Å². The van der Waals surface area contributed by atoms with Gasteiger partial charge >= 0.3 is 5.97 Å².